The van der Waals surface area contributed by atoms with Crippen LogP contribution in [0.1, 0.15) is 68.2 Å². The van der Waals surface area contributed by atoms with Gasteiger partial charge in [-0.2, -0.15) is 0 Å². The molecule has 0 bridgehead atoms. The Morgan fingerprint density at radius 1 is 0.950 bits per heavy atom. The third-order valence-corrected chi connectivity index (χ3v) is 9.26. The first-order chi connectivity index (χ1) is 19.4. The number of carbonyl (C=O) groups is 1. The molecule has 4 unspecified atom stereocenters. The van der Waals surface area contributed by atoms with Gasteiger partial charge in [-0.25, -0.2) is 4.31 Å². The quantitative estimate of drug-likeness (QED) is 0.327. The fourth-order valence-corrected chi connectivity index (χ4v) is 7.03. The van der Waals surface area contributed by atoms with Crippen LogP contribution in [-0.4, -0.2) is 63.7 Å². The molecule has 2 aliphatic rings. The summed E-state index contributed by atoms with van der Waals surface area (Å²) in [6.07, 6.45) is 5.97. The van der Waals surface area contributed by atoms with Crippen LogP contribution < -0.4 is 4.90 Å². The van der Waals surface area contributed by atoms with Gasteiger partial charge in [0.05, 0.1) is 12.1 Å². The van der Waals surface area contributed by atoms with Gasteiger partial charge in [-0.05, 0) is 59.7 Å². The van der Waals surface area contributed by atoms with Crippen molar-refractivity contribution in [2.24, 2.45) is 0 Å². The number of amides is 1. The van der Waals surface area contributed by atoms with Crippen molar-refractivity contribution in [1.82, 2.24) is 9.21 Å². The molecule has 3 aromatic rings. The van der Waals surface area contributed by atoms with E-state index in [9.17, 15) is 13.6 Å². The Morgan fingerprint density at radius 2 is 1.68 bits per heavy atom. The lowest BCUT2D eigenvalue weighted by Gasteiger charge is -2.41. The second-order valence-electron chi connectivity index (χ2n) is 11.2. The first-order valence-electron chi connectivity index (χ1n) is 14.5. The van der Waals surface area contributed by atoms with Gasteiger partial charge < -0.3 is 19.1 Å². The number of nitrogens with zero attached hydrogens (tertiary/aromatic N) is 3. The minimum atomic E-state index is -2.36. The highest BCUT2D eigenvalue weighted by Crippen LogP contribution is 2.37. The van der Waals surface area contributed by atoms with E-state index in [0.29, 0.717) is 19.5 Å². The number of benzene rings is 3. The Hall–Kier alpha value is -2.78. The highest BCUT2D eigenvalue weighted by Gasteiger charge is 2.35. The summed E-state index contributed by atoms with van der Waals surface area (Å²) in [4.78, 5) is 17.9. The summed E-state index contributed by atoms with van der Waals surface area (Å²) in [5, 5.41) is 2.09. The van der Waals surface area contributed by atoms with Crippen molar-refractivity contribution in [3.05, 3.63) is 77.9 Å². The van der Waals surface area contributed by atoms with Gasteiger partial charge in [0.1, 0.15) is 12.7 Å². The second-order valence-corrected chi connectivity index (χ2v) is 12.1. The Labute approximate surface area is 240 Å². The Kier molecular flexibility index (Phi) is 9.52. The first-order valence-corrected chi connectivity index (χ1v) is 15.5. The Balaban J connectivity index is 1.42. The van der Waals surface area contributed by atoms with Crippen molar-refractivity contribution in [3.8, 4) is 0 Å². The summed E-state index contributed by atoms with van der Waals surface area (Å²) in [6, 6.07) is 22.3. The van der Waals surface area contributed by atoms with Crippen LogP contribution in [-0.2, 0) is 20.8 Å². The number of carbonyl (C=O) groups excluding carboxylic acids is 1. The minimum absolute atomic E-state index is 0.00569. The number of anilines is 1. The van der Waals surface area contributed by atoms with E-state index in [0.717, 1.165) is 66.1 Å². The lowest BCUT2D eigenvalue weighted by atomic mass is 9.91. The largest absolute Gasteiger partial charge is 0.760 e. The fourth-order valence-electron chi connectivity index (χ4n) is 6.32. The van der Waals surface area contributed by atoms with Crippen LogP contribution in [0.15, 0.2) is 66.7 Å². The maximum atomic E-state index is 13.9. The van der Waals surface area contributed by atoms with Crippen molar-refractivity contribution in [2.45, 2.75) is 63.1 Å². The molecule has 8 heteroatoms. The molecule has 0 aromatic heterocycles. The van der Waals surface area contributed by atoms with Gasteiger partial charge >= 0.3 is 0 Å². The molecule has 0 saturated carbocycles. The summed E-state index contributed by atoms with van der Waals surface area (Å²) in [7, 11) is 4.05. The molecule has 3 aromatic carbocycles. The van der Waals surface area contributed by atoms with Gasteiger partial charge in [0.25, 0.3) is 0 Å². The monoisotopic (exact) mass is 562 g/mol. The van der Waals surface area contributed by atoms with E-state index in [1.165, 1.54) is 4.31 Å². The van der Waals surface area contributed by atoms with E-state index in [2.05, 4.69) is 41.3 Å². The van der Waals surface area contributed by atoms with Gasteiger partial charge in [0.15, 0.2) is 0 Å². The van der Waals surface area contributed by atoms with Crippen LogP contribution in [0, 0.1) is 0 Å². The van der Waals surface area contributed by atoms with Crippen molar-refractivity contribution < 1.29 is 18.3 Å². The maximum absolute atomic E-state index is 13.9. The zero-order valence-electron chi connectivity index (χ0n) is 23.5. The molecule has 0 spiro atoms. The average Bonchev–Trinajstić information content (AvgIpc) is 3.24. The highest BCUT2D eigenvalue weighted by molar-refractivity contribution is 7.76. The predicted octanol–water partition coefficient (Wildman–Crippen LogP) is 5.76. The van der Waals surface area contributed by atoms with Crippen molar-refractivity contribution >= 4 is 33.6 Å². The normalized spacial score (nSPS) is 22.0. The fraction of sp³-hybridized carbons (Fsp3) is 0.469. The molecule has 40 heavy (non-hydrogen) atoms. The molecule has 214 valence electrons. The Bertz CT molecular complexity index is 1310. The van der Waals surface area contributed by atoms with Crippen LogP contribution >= 0.6 is 0 Å². The van der Waals surface area contributed by atoms with Gasteiger partial charge in [-0.1, -0.05) is 73.9 Å². The van der Waals surface area contributed by atoms with Crippen LogP contribution in [0.3, 0.4) is 0 Å². The van der Waals surface area contributed by atoms with E-state index in [-0.39, 0.29) is 24.6 Å². The van der Waals surface area contributed by atoms with E-state index in [4.69, 9.17) is 4.74 Å². The van der Waals surface area contributed by atoms with Crippen LogP contribution in [0.4, 0.5) is 5.69 Å². The SMILES string of the molecule is CN(C)c1ccc(C2CCCCCN2C(=O)COC(c2cccc3ccccc23)C2CCCCN2S(=O)[O-])cc1. The van der Waals surface area contributed by atoms with Crippen LogP contribution in [0.25, 0.3) is 10.8 Å². The molecule has 0 radical (unpaired) electrons. The second kappa shape index (κ2) is 13.3. The van der Waals surface area contributed by atoms with Crippen LogP contribution in [0.5, 0.6) is 0 Å². The number of hydrogen-bond donors (Lipinski definition) is 0. The van der Waals surface area contributed by atoms with Crippen molar-refractivity contribution in [3.63, 3.8) is 0 Å². The van der Waals surface area contributed by atoms with Gasteiger partial charge in [0, 0.05) is 44.1 Å². The first kappa shape index (κ1) is 28.7. The maximum Gasteiger partial charge on any atom is 0.249 e. The van der Waals surface area contributed by atoms with E-state index < -0.39 is 17.4 Å². The lowest BCUT2D eigenvalue weighted by Crippen LogP contribution is -2.46. The summed E-state index contributed by atoms with van der Waals surface area (Å²) in [5.74, 6) is -0.0422. The topological polar surface area (TPSA) is 76.2 Å². The van der Waals surface area contributed by atoms with E-state index in [1.807, 2.05) is 49.3 Å². The van der Waals surface area contributed by atoms with Crippen LogP contribution in [0.2, 0.25) is 0 Å². The summed E-state index contributed by atoms with van der Waals surface area (Å²) < 4.78 is 32.5. The summed E-state index contributed by atoms with van der Waals surface area (Å²) in [6.45, 7) is 1.08. The summed E-state index contributed by atoms with van der Waals surface area (Å²) >= 11 is -2.36. The minimum Gasteiger partial charge on any atom is -0.760 e. The number of rotatable bonds is 8. The molecule has 2 aliphatic heterocycles. The number of hydrogen-bond acceptors (Lipinski definition) is 5. The van der Waals surface area contributed by atoms with E-state index in [1.54, 1.807) is 0 Å². The molecule has 2 heterocycles. The van der Waals surface area contributed by atoms with E-state index >= 15 is 0 Å². The zero-order chi connectivity index (χ0) is 28.1. The smallest absolute Gasteiger partial charge is 0.249 e. The molecule has 0 N–H and O–H groups in total. The molecule has 1 amide bonds. The number of likely N-dealkylation sites (tertiary alicyclic amines) is 1. The van der Waals surface area contributed by atoms with Crippen molar-refractivity contribution in [2.75, 3.05) is 38.7 Å². The lowest BCUT2D eigenvalue weighted by molar-refractivity contribution is -0.142. The third kappa shape index (κ3) is 6.41. The standard InChI is InChI=1S/C32H41N3O4S/c1-33(2)26-19-17-25(18-20-26)29-15-4-3-8-21-34(29)31(36)23-39-32(30-16-7-9-22-35(30)40(37)38)28-14-10-12-24-11-5-6-13-27(24)28/h5-6,10-14,17-20,29-30,32H,3-4,7-9,15-16,21-23H2,1-2H3,(H,37,38)/p-1. The highest BCUT2D eigenvalue weighted by atomic mass is 32.2. The molecule has 2 fully saturated rings. The number of ether oxygens (including phenoxy) is 1. The molecule has 2 saturated heterocycles. The van der Waals surface area contributed by atoms with Crippen molar-refractivity contribution in [1.29, 1.82) is 0 Å². The van der Waals surface area contributed by atoms with Gasteiger partial charge in [-0.15, -0.1) is 0 Å². The van der Waals surface area contributed by atoms with Gasteiger partial charge in [-0.3, -0.25) is 9.00 Å². The zero-order valence-corrected chi connectivity index (χ0v) is 24.4. The molecule has 4 atom stereocenters. The molecular formula is C32H40N3O4S-. The Morgan fingerprint density at radius 3 is 2.45 bits per heavy atom. The molecular weight excluding hydrogens is 522 g/mol. The molecule has 5 rings (SSSR count). The predicted molar refractivity (Wildman–Crippen MR) is 160 cm³/mol. The summed E-state index contributed by atoms with van der Waals surface area (Å²) in [5.41, 5.74) is 3.20. The molecule has 7 nitrogen and oxygen atoms in total. The van der Waals surface area contributed by atoms with Gasteiger partial charge in [0.2, 0.25) is 5.91 Å². The number of piperidine rings is 1. The molecule has 0 aliphatic carbocycles. The average molecular weight is 563 g/mol. The number of fused-ring (bicyclic) bond motifs is 1. The third-order valence-electron chi connectivity index (χ3n) is 8.42.